The van der Waals surface area contributed by atoms with Gasteiger partial charge in [0, 0.05) is 23.6 Å². The van der Waals surface area contributed by atoms with Gasteiger partial charge in [-0.15, -0.1) is 0 Å². The quantitative estimate of drug-likeness (QED) is 0.665. The van der Waals surface area contributed by atoms with Crippen LogP contribution in [-0.4, -0.2) is 50.7 Å². The lowest BCUT2D eigenvalue weighted by Crippen LogP contribution is -2.35. The number of hydrogen-bond acceptors (Lipinski definition) is 5. The third-order valence-corrected chi connectivity index (χ3v) is 5.04. The van der Waals surface area contributed by atoms with Crippen molar-refractivity contribution in [2.75, 3.05) is 34.9 Å². The van der Waals surface area contributed by atoms with Crippen LogP contribution in [0.5, 0.6) is 11.5 Å². The summed E-state index contributed by atoms with van der Waals surface area (Å²) in [6.45, 7) is 2.30. The highest BCUT2D eigenvalue weighted by Gasteiger charge is 2.20. The molecule has 3 rings (SSSR count). The molecule has 0 saturated heterocycles. The van der Waals surface area contributed by atoms with Gasteiger partial charge in [0.05, 0.1) is 37.0 Å². The summed E-state index contributed by atoms with van der Waals surface area (Å²) in [6, 6.07) is 15.4. The molecular weight excluding hydrogens is 366 g/mol. The second-order valence-corrected chi connectivity index (χ2v) is 7.11. The van der Waals surface area contributed by atoms with Crippen molar-refractivity contribution in [3.8, 4) is 11.5 Å². The van der Waals surface area contributed by atoms with E-state index in [1.165, 1.54) is 0 Å². The summed E-state index contributed by atoms with van der Waals surface area (Å²) in [6.07, 6.45) is 0. The highest BCUT2D eigenvalue weighted by atomic mass is 16.5. The van der Waals surface area contributed by atoms with Crippen molar-refractivity contribution in [3.05, 3.63) is 65.4 Å². The molecule has 0 aliphatic carbocycles. The van der Waals surface area contributed by atoms with E-state index in [-0.39, 0.29) is 11.9 Å². The Balaban J connectivity index is 1.82. The minimum absolute atomic E-state index is 0.0203. The molecule has 1 atom stereocenters. The number of amides is 1. The first kappa shape index (κ1) is 20.6. The molecule has 0 saturated carbocycles. The van der Waals surface area contributed by atoms with E-state index in [1.807, 2.05) is 69.6 Å². The van der Waals surface area contributed by atoms with Gasteiger partial charge < -0.3 is 19.7 Å². The molecule has 6 heteroatoms. The minimum atomic E-state index is -0.144. The van der Waals surface area contributed by atoms with Gasteiger partial charge in [-0.2, -0.15) is 0 Å². The number of likely N-dealkylation sites (N-methyl/N-ethyl adjacent to an activating group) is 1. The standard InChI is InChI=1S/C23H27N3O3/c1-15-19(12-16-10-11-17(28-4)13-20(16)25-15)23(27)24-14-21(26(2)3)18-8-6-7-9-22(18)29-5/h6-13,21H,14H2,1-5H3,(H,24,27). The number of carbonyl (C=O) groups excluding carboxylic acids is 1. The Morgan fingerprint density at radius 2 is 1.86 bits per heavy atom. The zero-order valence-electron chi connectivity index (χ0n) is 17.5. The Kier molecular flexibility index (Phi) is 6.34. The van der Waals surface area contributed by atoms with Crippen LogP contribution in [0.1, 0.15) is 27.7 Å². The fraction of sp³-hybridized carbons (Fsp3) is 0.304. The van der Waals surface area contributed by atoms with Crippen molar-refractivity contribution >= 4 is 16.8 Å². The molecule has 6 nitrogen and oxygen atoms in total. The molecule has 3 aromatic rings. The first-order valence-electron chi connectivity index (χ1n) is 9.47. The Bertz CT molecular complexity index is 1020. The highest BCUT2D eigenvalue weighted by Crippen LogP contribution is 2.27. The molecule has 152 valence electrons. The number of fused-ring (bicyclic) bond motifs is 1. The summed E-state index contributed by atoms with van der Waals surface area (Å²) in [7, 11) is 7.25. The number of hydrogen-bond donors (Lipinski definition) is 1. The minimum Gasteiger partial charge on any atom is -0.497 e. The fourth-order valence-electron chi connectivity index (χ4n) is 3.40. The smallest absolute Gasteiger partial charge is 0.253 e. The summed E-state index contributed by atoms with van der Waals surface area (Å²) in [5.74, 6) is 1.40. The van der Waals surface area contributed by atoms with E-state index < -0.39 is 0 Å². The fourth-order valence-corrected chi connectivity index (χ4v) is 3.40. The first-order valence-corrected chi connectivity index (χ1v) is 9.47. The summed E-state index contributed by atoms with van der Waals surface area (Å²) in [5, 5.41) is 3.96. The molecular formula is C23H27N3O3. The lowest BCUT2D eigenvalue weighted by atomic mass is 10.0. The van der Waals surface area contributed by atoms with Crippen molar-refractivity contribution < 1.29 is 14.3 Å². The monoisotopic (exact) mass is 393 g/mol. The number of aromatic nitrogens is 1. The third-order valence-electron chi connectivity index (χ3n) is 5.04. The van der Waals surface area contributed by atoms with Crippen molar-refractivity contribution in [2.45, 2.75) is 13.0 Å². The molecule has 1 aromatic heterocycles. The summed E-state index contributed by atoms with van der Waals surface area (Å²) < 4.78 is 10.7. The number of para-hydroxylation sites is 1. The Morgan fingerprint density at radius 3 is 2.55 bits per heavy atom. The Labute approximate surface area is 171 Å². The zero-order valence-corrected chi connectivity index (χ0v) is 17.5. The zero-order chi connectivity index (χ0) is 21.0. The van der Waals surface area contributed by atoms with E-state index in [1.54, 1.807) is 14.2 Å². The molecule has 1 amide bonds. The van der Waals surface area contributed by atoms with Crippen LogP contribution in [0.2, 0.25) is 0 Å². The molecule has 1 N–H and O–H groups in total. The predicted octanol–water partition coefficient (Wildman–Crippen LogP) is 3.59. The number of rotatable bonds is 7. The summed E-state index contributed by atoms with van der Waals surface area (Å²) >= 11 is 0. The van der Waals surface area contributed by atoms with Crippen LogP contribution in [0.4, 0.5) is 0 Å². The molecule has 1 heterocycles. The average molecular weight is 393 g/mol. The van der Waals surface area contributed by atoms with Gasteiger partial charge in [0.15, 0.2) is 0 Å². The number of nitrogens with one attached hydrogen (secondary N) is 1. The van der Waals surface area contributed by atoms with Crippen LogP contribution in [0, 0.1) is 6.92 Å². The van der Waals surface area contributed by atoms with Crippen LogP contribution in [-0.2, 0) is 0 Å². The molecule has 0 radical (unpaired) electrons. The lowest BCUT2D eigenvalue weighted by molar-refractivity contribution is 0.0940. The van der Waals surface area contributed by atoms with Crippen molar-refractivity contribution in [1.82, 2.24) is 15.2 Å². The number of methoxy groups -OCH3 is 2. The lowest BCUT2D eigenvalue weighted by Gasteiger charge is -2.26. The molecule has 1 unspecified atom stereocenters. The SMILES string of the molecule is COc1ccc2cc(C(=O)NCC(c3ccccc3OC)N(C)C)c(C)nc2c1. The van der Waals surface area contributed by atoms with E-state index in [9.17, 15) is 4.79 Å². The van der Waals surface area contributed by atoms with Gasteiger partial charge in [-0.1, -0.05) is 18.2 Å². The van der Waals surface area contributed by atoms with Gasteiger partial charge in [-0.25, -0.2) is 0 Å². The van der Waals surface area contributed by atoms with Gasteiger partial charge in [-0.05, 0) is 45.3 Å². The Hall–Kier alpha value is -3.12. The molecule has 0 aliphatic heterocycles. The van der Waals surface area contributed by atoms with Gasteiger partial charge >= 0.3 is 0 Å². The van der Waals surface area contributed by atoms with E-state index in [0.717, 1.165) is 28.0 Å². The predicted molar refractivity (Wildman–Crippen MR) is 115 cm³/mol. The molecule has 0 aliphatic rings. The van der Waals surface area contributed by atoms with Crippen molar-refractivity contribution in [3.63, 3.8) is 0 Å². The van der Waals surface area contributed by atoms with E-state index >= 15 is 0 Å². The second-order valence-electron chi connectivity index (χ2n) is 7.11. The number of pyridine rings is 1. The molecule has 0 fully saturated rings. The number of aryl methyl sites for hydroxylation is 1. The summed E-state index contributed by atoms with van der Waals surface area (Å²) in [4.78, 5) is 19.6. The Morgan fingerprint density at radius 1 is 1.10 bits per heavy atom. The second kappa shape index (κ2) is 8.92. The average Bonchev–Trinajstić information content (AvgIpc) is 2.72. The van der Waals surface area contributed by atoms with Crippen molar-refractivity contribution in [2.24, 2.45) is 0 Å². The van der Waals surface area contributed by atoms with Gasteiger partial charge in [0.25, 0.3) is 5.91 Å². The number of benzene rings is 2. The maximum Gasteiger partial charge on any atom is 0.253 e. The largest absolute Gasteiger partial charge is 0.497 e. The molecule has 0 spiro atoms. The van der Waals surface area contributed by atoms with Crippen LogP contribution in [0.25, 0.3) is 10.9 Å². The first-order chi connectivity index (χ1) is 13.9. The number of carbonyl (C=O) groups is 1. The van der Waals surface area contributed by atoms with Crippen molar-refractivity contribution in [1.29, 1.82) is 0 Å². The highest BCUT2D eigenvalue weighted by molar-refractivity contribution is 5.98. The van der Waals surface area contributed by atoms with E-state index in [2.05, 4.69) is 15.2 Å². The normalized spacial score (nSPS) is 12.1. The maximum atomic E-state index is 12.9. The molecule has 2 aromatic carbocycles. The van der Waals surface area contributed by atoms with Gasteiger partial charge in [0.2, 0.25) is 0 Å². The van der Waals surface area contributed by atoms with E-state index in [4.69, 9.17) is 9.47 Å². The van der Waals surface area contributed by atoms with Crippen LogP contribution in [0.3, 0.4) is 0 Å². The van der Waals surface area contributed by atoms with Gasteiger partial charge in [-0.3, -0.25) is 9.78 Å². The molecule has 29 heavy (non-hydrogen) atoms. The van der Waals surface area contributed by atoms with Gasteiger partial charge in [0.1, 0.15) is 11.5 Å². The maximum absolute atomic E-state index is 12.9. The topological polar surface area (TPSA) is 63.7 Å². The molecule has 0 bridgehead atoms. The van der Waals surface area contributed by atoms with Crippen LogP contribution >= 0.6 is 0 Å². The summed E-state index contributed by atoms with van der Waals surface area (Å²) in [5.41, 5.74) is 3.08. The van der Waals surface area contributed by atoms with Crippen LogP contribution < -0.4 is 14.8 Å². The van der Waals surface area contributed by atoms with E-state index in [0.29, 0.717) is 17.8 Å². The third kappa shape index (κ3) is 4.49. The number of ether oxygens (including phenoxy) is 2. The number of nitrogens with zero attached hydrogens (tertiary/aromatic N) is 2. The van der Waals surface area contributed by atoms with Crippen LogP contribution in [0.15, 0.2) is 48.5 Å².